The quantitative estimate of drug-likeness (QED) is 0.0218. The first-order chi connectivity index (χ1) is 38.9. The average molecular weight is 1140 g/mol. The van der Waals surface area contributed by atoms with E-state index in [-0.39, 0.29) is 96.8 Å². The van der Waals surface area contributed by atoms with Crippen LogP contribution in [-0.2, 0) is 80.2 Å². The molecular weight excluding hydrogens is 1060 g/mol. The van der Waals surface area contributed by atoms with Crippen LogP contribution >= 0.6 is 12.6 Å². The maximum Gasteiger partial charge on any atom is 0.257 e. The van der Waals surface area contributed by atoms with Crippen molar-refractivity contribution in [2.75, 3.05) is 45.5 Å². The third-order valence-electron chi connectivity index (χ3n) is 13.3. The largest absolute Gasteiger partial charge is 0.381 e. The van der Waals surface area contributed by atoms with Crippen LogP contribution in [0.2, 0.25) is 0 Å². The molecule has 6 N–H and O–H groups in total. The minimum atomic E-state index is -1.43. The highest BCUT2D eigenvalue weighted by molar-refractivity contribution is 7.82. The number of aryl methyl sites for hydroxylation is 2. The molecule has 1 fully saturated rings. The number of aliphatic hydroxyl groups is 1. The number of hydrogen-bond donors (Lipinski definition) is 7. The molecular formula is C59H75FN8O12S. The van der Waals surface area contributed by atoms with E-state index in [0.717, 1.165) is 59.7 Å². The molecule has 20 nitrogen and oxygen atoms in total. The second-order valence-corrected chi connectivity index (χ2v) is 19.6. The number of hydrogen-bond acceptors (Lipinski definition) is 14. The monoisotopic (exact) mass is 1140 g/mol. The Morgan fingerprint density at radius 2 is 1.57 bits per heavy atom. The van der Waals surface area contributed by atoms with Crippen molar-refractivity contribution in [3.63, 3.8) is 0 Å². The molecule has 81 heavy (non-hydrogen) atoms. The number of benzene rings is 3. The van der Waals surface area contributed by atoms with E-state index < -0.39 is 11.4 Å². The van der Waals surface area contributed by atoms with Crippen molar-refractivity contribution in [1.82, 2.24) is 36.1 Å². The minimum absolute atomic E-state index is 0.00708. The van der Waals surface area contributed by atoms with Crippen LogP contribution in [0.25, 0.3) is 22.3 Å². The molecule has 3 aliphatic rings. The Labute approximate surface area is 476 Å². The molecule has 4 atom stereocenters. The molecule has 2 aliphatic heterocycles. The van der Waals surface area contributed by atoms with Gasteiger partial charge in [-0.25, -0.2) is 14.3 Å². The van der Waals surface area contributed by atoms with Crippen LogP contribution in [0.4, 0.5) is 10.1 Å². The SMILES string of the molecule is CC.CC(Cc1ccccc1)NC(=O)CNC=O.CCNC(=O)CCCc1ccc(N2C(=O)CC(S)C2=O)cc1.COCNC(=O)CNC=O.COCc1c(C(O)C=O)cc2n(c1=O)Cc1c-2nc2cc(F)c(C)c3c2c1[C@H](C)CC3. The summed E-state index contributed by atoms with van der Waals surface area (Å²) in [6, 6.07) is 20.4. The van der Waals surface area contributed by atoms with Crippen LogP contribution in [0, 0.1) is 12.7 Å². The molecule has 4 heterocycles. The lowest BCUT2D eigenvalue weighted by molar-refractivity contribution is -0.123. The van der Waals surface area contributed by atoms with Gasteiger partial charge >= 0.3 is 0 Å². The van der Waals surface area contributed by atoms with E-state index in [2.05, 4.69) is 50.9 Å². The van der Waals surface area contributed by atoms with Gasteiger partial charge in [-0.1, -0.05) is 63.2 Å². The zero-order chi connectivity index (χ0) is 59.8. The second-order valence-electron chi connectivity index (χ2n) is 19.0. The number of halogens is 1. The highest BCUT2D eigenvalue weighted by Gasteiger charge is 2.37. The van der Waals surface area contributed by atoms with Crippen LogP contribution in [0.15, 0.2) is 71.5 Å². The van der Waals surface area contributed by atoms with Crippen molar-refractivity contribution in [3.8, 4) is 11.4 Å². The van der Waals surface area contributed by atoms with Gasteiger partial charge in [0.25, 0.3) is 5.56 Å². The second kappa shape index (κ2) is 33.2. The third-order valence-corrected chi connectivity index (χ3v) is 13.7. The van der Waals surface area contributed by atoms with Gasteiger partial charge in [0.15, 0.2) is 6.29 Å². The number of amides is 7. The van der Waals surface area contributed by atoms with Crippen LogP contribution in [0.3, 0.4) is 0 Å². The number of methoxy groups -OCH3 is 2. The molecule has 3 unspecified atom stereocenters. The van der Waals surface area contributed by atoms with Crippen LogP contribution in [0.1, 0.15) is 117 Å². The molecule has 0 radical (unpaired) electrons. The van der Waals surface area contributed by atoms with Crippen molar-refractivity contribution in [3.05, 3.63) is 127 Å². The Bertz CT molecular complexity index is 3050. The van der Waals surface area contributed by atoms with Crippen molar-refractivity contribution in [2.45, 2.75) is 123 Å². The van der Waals surface area contributed by atoms with Crippen LogP contribution in [-0.4, -0.2) is 115 Å². The number of anilines is 1. The van der Waals surface area contributed by atoms with Crippen molar-refractivity contribution in [2.24, 2.45) is 0 Å². The van der Waals surface area contributed by atoms with Gasteiger partial charge in [-0.2, -0.15) is 12.6 Å². The number of thiol groups is 1. The number of aliphatic hydroxyl groups excluding tert-OH is 1. The average Bonchev–Trinajstić information content (AvgIpc) is 3.97. The standard InChI is InChI=1S/C24H23FN2O4.C16H20N2O3S.C12H16N2O2.C5H10N2O3.C2H6/c1-11-4-5-13-12(2)17(25)7-18-22(13)21(11)15-8-27-19(23(15)26-18)6-14(20(29)9-28)16(10-31-3)24(27)30;1-2-17-14(19)5-3-4-11-6-8-12(9-7-11)18-15(20)10-13(22)16(18)21;1-10(14-12(16)8-13-9-15)7-11-5-3-2-4-6-11;1-10-4-7-5(9)2-6-3-8;1-2/h6-7,9,11,20,29H,4-5,8,10H2,1-3H3;6-9,13,22H,2-5,10H2,1H3,(H,17,19);2-6,9-10H,7-8H2,1H3,(H,13,15)(H,14,16);3H,2,4H2,1H3,(H,6,8)(H,7,9);1-2H3/t11-,20?;;;;/m1..../s1. The first-order valence-corrected chi connectivity index (χ1v) is 27.3. The third kappa shape index (κ3) is 17.9. The molecule has 7 amide bonds. The minimum Gasteiger partial charge on any atom is -0.381 e. The predicted molar refractivity (Wildman–Crippen MR) is 309 cm³/mol. The summed E-state index contributed by atoms with van der Waals surface area (Å²) in [5.74, 6) is -0.888. The summed E-state index contributed by atoms with van der Waals surface area (Å²) < 4.78 is 26.0. The number of aldehydes is 1. The number of nitrogens with zero attached hydrogens (tertiary/aromatic N) is 3. The van der Waals surface area contributed by atoms with E-state index in [0.29, 0.717) is 66.8 Å². The maximum atomic E-state index is 14.6. The van der Waals surface area contributed by atoms with Gasteiger partial charge in [0.05, 0.1) is 54.1 Å². The summed E-state index contributed by atoms with van der Waals surface area (Å²) in [7, 11) is 2.93. The summed E-state index contributed by atoms with van der Waals surface area (Å²) in [6.45, 7) is 13.0. The topological polar surface area (TPSA) is 274 Å². The van der Waals surface area contributed by atoms with Gasteiger partial charge in [0.1, 0.15) is 18.7 Å². The molecule has 5 aromatic rings. The number of aromatic nitrogens is 2. The predicted octanol–water partition coefficient (Wildman–Crippen LogP) is 4.97. The van der Waals surface area contributed by atoms with Gasteiger partial charge in [-0.15, -0.1) is 0 Å². The molecule has 22 heteroatoms. The molecule has 0 spiro atoms. The summed E-state index contributed by atoms with van der Waals surface area (Å²) >= 11 is 4.11. The number of nitrogens with one attached hydrogen (secondary N) is 5. The van der Waals surface area contributed by atoms with Gasteiger partial charge in [-0.3, -0.25) is 38.4 Å². The highest BCUT2D eigenvalue weighted by Crippen LogP contribution is 2.45. The van der Waals surface area contributed by atoms with E-state index >= 15 is 0 Å². The van der Waals surface area contributed by atoms with Crippen LogP contribution in [0.5, 0.6) is 0 Å². The molecule has 0 bridgehead atoms. The molecule has 2 aromatic heterocycles. The summed E-state index contributed by atoms with van der Waals surface area (Å²) in [5, 5.41) is 23.2. The van der Waals surface area contributed by atoms with E-state index in [1.165, 1.54) is 30.7 Å². The smallest absolute Gasteiger partial charge is 0.257 e. The fourth-order valence-corrected chi connectivity index (χ4v) is 9.76. The maximum absolute atomic E-state index is 14.6. The lowest BCUT2D eigenvalue weighted by atomic mass is 9.79. The molecule has 1 saturated heterocycles. The number of rotatable bonds is 21. The zero-order valence-electron chi connectivity index (χ0n) is 47.2. The Balaban J connectivity index is 0.000000248. The van der Waals surface area contributed by atoms with Crippen molar-refractivity contribution >= 4 is 77.9 Å². The van der Waals surface area contributed by atoms with Gasteiger partial charge < -0.3 is 50.5 Å². The Morgan fingerprint density at radius 1 is 0.901 bits per heavy atom. The first kappa shape index (κ1) is 65.9. The molecule has 3 aromatic carbocycles. The van der Waals surface area contributed by atoms with Crippen molar-refractivity contribution < 1.29 is 57.3 Å². The fraction of sp³-hybridized carbons (Fsp3) is 0.424. The molecule has 436 valence electrons. The van der Waals surface area contributed by atoms with Gasteiger partial charge in [0.2, 0.25) is 42.4 Å². The fourth-order valence-electron chi connectivity index (χ4n) is 9.49. The van der Waals surface area contributed by atoms with E-state index in [1.54, 1.807) is 29.7 Å². The normalized spacial score (nSPS) is 15.0. The first-order valence-electron chi connectivity index (χ1n) is 26.8. The Hall–Kier alpha value is -7.66. The van der Waals surface area contributed by atoms with Crippen molar-refractivity contribution in [1.29, 1.82) is 0 Å². The van der Waals surface area contributed by atoms with Gasteiger partial charge in [0, 0.05) is 67.8 Å². The summed E-state index contributed by atoms with van der Waals surface area (Å²) in [5.41, 5.74) is 8.49. The Kier molecular flexibility index (Phi) is 27.0. The van der Waals surface area contributed by atoms with Gasteiger partial charge in [-0.05, 0) is 105 Å². The number of imide groups is 1. The summed E-state index contributed by atoms with van der Waals surface area (Å²) in [6.07, 6.45) is 4.63. The number of ether oxygens (including phenoxy) is 2. The number of carbonyl (C=O) groups is 8. The zero-order valence-corrected chi connectivity index (χ0v) is 48.1. The van der Waals surface area contributed by atoms with E-state index in [4.69, 9.17) is 9.72 Å². The molecule has 0 saturated carbocycles. The highest BCUT2D eigenvalue weighted by atomic mass is 32.1. The lowest BCUT2D eigenvalue weighted by Crippen LogP contribution is -2.39. The van der Waals surface area contributed by atoms with E-state index in [1.807, 2.05) is 70.2 Å². The lowest BCUT2D eigenvalue weighted by Gasteiger charge is -2.26. The summed E-state index contributed by atoms with van der Waals surface area (Å²) in [4.78, 5) is 107. The Morgan fingerprint density at radius 3 is 2.16 bits per heavy atom. The van der Waals surface area contributed by atoms with E-state index in [9.17, 15) is 52.6 Å². The molecule has 1 aliphatic carbocycles. The number of pyridine rings is 2. The number of carbonyl (C=O) groups excluding carboxylic acids is 8. The molecule has 8 rings (SSSR count). The van der Waals surface area contributed by atoms with Crippen LogP contribution < -0.4 is 37.0 Å². The number of fused-ring (bicyclic) bond motifs is 4.